The van der Waals surface area contributed by atoms with Crippen LogP contribution in [-0.4, -0.2) is 17.0 Å². The molecule has 1 aliphatic heterocycles. The normalized spacial score (nSPS) is 19.1. The largest absolute Gasteiger partial charge is 0.330 e. The molecule has 1 aliphatic rings. The first kappa shape index (κ1) is 15.8. The maximum atomic E-state index is 13.7. The van der Waals surface area contributed by atoms with E-state index in [2.05, 4.69) is 47.0 Å². The Balaban J connectivity index is 2.03. The molecular weight excluding hydrogens is 346 g/mol. The van der Waals surface area contributed by atoms with Gasteiger partial charge in [-0.25, -0.2) is 8.78 Å². The van der Waals surface area contributed by atoms with Crippen molar-refractivity contribution in [1.29, 1.82) is 0 Å². The molecule has 0 fully saturated rings. The van der Waals surface area contributed by atoms with Gasteiger partial charge in [0.2, 0.25) is 0 Å². The fraction of sp³-hybridized carbons (Fsp3) is 0.500. The van der Waals surface area contributed by atoms with Crippen LogP contribution in [0.25, 0.3) is 0 Å². The maximum absolute atomic E-state index is 13.7. The molecule has 1 aromatic carbocycles. The van der Waals surface area contributed by atoms with Crippen molar-refractivity contribution in [2.75, 3.05) is 11.9 Å². The summed E-state index contributed by atoms with van der Waals surface area (Å²) < 4.78 is 27.9. The summed E-state index contributed by atoms with van der Waals surface area (Å²) in [5.74, 6) is -1.25. The van der Waals surface area contributed by atoms with Gasteiger partial charge in [0.05, 0.1) is 6.54 Å². The van der Waals surface area contributed by atoms with E-state index in [1.165, 1.54) is 12.1 Å². The summed E-state index contributed by atoms with van der Waals surface area (Å²) in [7, 11) is 0. The first-order chi connectivity index (χ1) is 9.24. The average molecular weight is 363 g/mol. The number of nitrogens with zero attached hydrogens (tertiary/aromatic N) is 1. The second-order valence-corrected chi connectivity index (χ2v) is 8.22. The van der Waals surface area contributed by atoms with Crippen molar-refractivity contribution in [2.24, 2.45) is 10.4 Å². The van der Waals surface area contributed by atoms with Crippen LogP contribution in [0.5, 0.6) is 0 Å². The molecule has 0 saturated heterocycles. The molecule has 110 valence electrons. The number of thioether (sulfide) groups is 1. The van der Waals surface area contributed by atoms with Crippen LogP contribution in [0.1, 0.15) is 27.2 Å². The third-order valence-electron chi connectivity index (χ3n) is 2.80. The zero-order valence-electron chi connectivity index (χ0n) is 11.6. The molecule has 6 heteroatoms. The van der Waals surface area contributed by atoms with Crippen molar-refractivity contribution in [1.82, 2.24) is 0 Å². The third-order valence-corrected chi connectivity index (χ3v) is 4.36. The van der Waals surface area contributed by atoms with Crippen molar-refractivity contribution in [3.05, 3.63) is 28.2 Å². The van der Waals surface area contributed by atoms with Gasteiger partial charge in [0, 0.05) is 9.72 Å². The zero-order chi connectivity index (χ0) is 14.9. The van der Waals surface area contributed by atoms with Gasteiger partial charge in [-0.05, 0) is 24.0 Å². The van der Waals surface area contributed by atoms with Crippen LogP contribution in [0.15, 0.2) is 21.6 Å². The molecule has 2 nitrogen and oxygen atoms in total. The molecule has 0 aromatic heterocycles. The molecule has 1 N–H and O–H groups in total. The molecule has 0 bridgehead atoms. The van der Waals surface area contributed by atoms with Gasteiger partial charge >= 0.3 is 0 Å². The van der Waals surface area contributed by atoms with Gasteiger partial charge in [0.15, 0.2) is 16.8 Å². The fourth-order valence-corrected chi connectivity index (χ4v) is 3.80. The summed E-state index contributed by atoms with van der Waals surface area (Å²) in [4.78, 5) is 4.32. The number of rotatable bonds is 2. The monoisotopic (exact) mass is 362 g/mol. The van der Waals surface area contributed by atoms with Crippen LogP contribution in [0.4, 0.5) is 14.5 Å². The number of hydrogen-bond acceptors (Lipinski definition) is 3. The van der Waals surface area contributed by atoms with Gasteiger partial charge in [-0.2, -0.15) is 0 Å². The number of hydrogen-bond donors (Lipinski definition) is 1. The van der Waals surface area contributed by atoms with Gasteiger partial charge in [0.1, 0.15) is 5.69 Å². The Kier molecular flexibility index (Phi) is 4.74. The summed E-state index contributed by atoms with van der Waals surface area (Å²) in [6.07, 6.45) is 1.01. The Labute approximate surface area is 130 Å². The molecule has 0 saturated carbocycles. The summed E-state index contributed by atoms with van der Waals surface area (Å²) in [5.41, 5.74) is 0.0763. The summed E-state index contributed by atoms with van der Waals surface area (Å²) in [6.45, 7) is 7.21. The predicted molar refractivity (Wildman–Crippen MR) is 85.4 cm³/mol. The summed E-state index contributed by atoms with van der Waals surface area (Å²) in [6, 6.07) is 2.47. The highest BCUT2D eigenvalue weighted by Crippen LogP contribution is 2.33. The van der Waals surface area contributed by atoms with Crippen molar-refractivity contribution in [2.45, 2.75) is 32.4 Å². The molecular formula is C14H17BrF2N2S. The second kappa shape index (κ2) is 6.02. The van der Waals surface area contributed by atoms with Crippen molar-refractivity contribution < 1.29 is 8.78 Å². The smallest absolute Gasteiger partial charge is 0.161 e. The van der Waals surface area contributed by atoms with E-state index in [9.17, 15) is 8.78 Å². The Morgan fingerprint density at radius 1 is 1.35 bits per heavy atom. The molecule has 0 spiro atoms. The number of halogens is 3. The molecule has 1 unspecified atom stereocenters. The molecule has 0 amide bonds. The number of aliphatic imine (C=N–C) groups is 1. The lowest BCUT2D eigenvalue weighted by Gasteiger charge is -2.21. The second-order valence-electron chi connectivity index (χ2n) is 6.02. The number of nitrogens with one attached hydrogen (secondary N) is 1. The predicted octanol–water partition coefficient (Wildman–Crippen LogP) is 5.05. The topological polar surface area (TPSA) is 24.4 Å². The van der Waals surface area contributed by atoms with Crippen molar-refractivity contribution in [3.63, 3.8) is 0 Å². The van der Waals surface area contributed by atoms with Crippen LogP contribution < -0.4 is 5.32 Å². The first-order valence-electron chi connectivity index (χ1n) is 6.37. The highest BCUT2D eigenvalue weighted by molar-refractivity contribution is 9.10. The minimum atomic E-state index is -0.626. The highest BCUT2D eigenvalue weighted by atomic mass is 79.9. The Morgan fingerprint density at radius 2 is 1.95 bits per heavy atom. The van der Waals surface area contributed by atoms with Crippen LogP contribution in [0.2, 0.25) is 0 Å². The van der Waals surface area contributed by atoms with Gasteiger partial charge < -0.3 is 5.32 Å². The molecule has 1 heterocycles. The van der Waals surface area contributed by atoms with E-state index in [-0.39, 0.29) is 11.1 Å². The highest BCUT2D eigenvalue weighted by Gasteiger charge is 2.26. The van der Waals surface area contributed by atoms with E-state index in [1.807, 2.05) is 0 Å². The summed E-state index contributed by atoms with van der Waals surface area (Å²) >= 11 is 4.61. The lowest BCUT2D eigenvalue weighted by Crippen LogP contribution is -2.16. The van der Waals surface area contributed by atoms with Crippen LogP contribution in [0, 0.1) is 17.0 Å². The van der Waals surface area contributed by atoms with E-state index in [4.69, 9.17) is 0 Å². The number of benzene rings is 1. The van der Waals surface area contributed by atoms with E-state index in [0.29, 0.717) is 21.4 Å². The van der Waals surface area contributed by atoms with Gasteiger partial charge in [-0.1, -0.05) is 48.5 Å². The van der Waals surface area contributed by atoms with E-state index in [0.717, 1.165) is 6.42 Å². The summed E-state index contributed by atoms with van der Waals surface area (Å²) in [5, 5.41) is 3.71. The lowest BCUT2D eigenvalue weighted by atomic mass is 9.90. The number of amidine groups is 1. The Hall–Kier alpha value is -0.620. The SMILES string of the molecule is CC(C)(C)CC1CN=C(Nc2c(F)cc(Br)cc2F)S1. The third kappa shape index (κ3) is 4.19. The molecule has 0 radical (unpaired) electrons. The average Bonchev–Trinajstić information content (AvgIpc) is 2.68. The quantitative estimate of drug-likeness (QED) is 0.796. The van der Waals surface area contributed by atoms with Crippen molar-refractivity contribution in [3.8, 4) is 0 Å². The maximum Gasteiger partial charge on any atom is 0.161 e. The number of anilines is 1. The molecule has 2 rings (SSSR count). The van der Waals surface area contributed by atoms with E-state index >= 15 is 0 Å². The Bertz CT molecular complexity index is 517. The lowest BCUT2D eigenvalue weighted by molar-refractivity contribution is 0.375. The Morgan fingerprint density at radius 3 is 2.50 bits per heavy atom. The van der Waals surface area contributed by atoms with E-state index < -0.39 is 11.6 Å². The van der Waals surface area contributed by atoms with Gasteiger partial charge in [-0.3, -0.25) is 4.99 Å². The minimum Gasteiger partial charge on any atom is -0.330 e. The molecule has 20 heavy (non-hydrogen) atoms. The fourth-order valence-electron chi connectivity index (χ4n) is 2.04. The molecule has 1 atom stereocenters. The van der Waals surface area contributed by atoms with Crippen LogP contribution in [-0.2, 0) is 0 Å². The molecule has 0 aliphatic carbocycles. The first-order valence-corrected chi connectivity index (χ1v) is 8.04. The minimum absolute atomic E-state index is 0.143. The van der Waals surface area contributed by atoms with E-state index in [1.54, 1.807) is 11.8 Å². The standard InChI is InChI=1S/C14H17BrF2N2S/c1-14(2,3)6-9-7-18-13(20-9)19-12-10(16)4-8(15)5-11(12)17/h4-5,9H,6-7H2,1-3H3,(H,18,19). The van der Waals surface area contributed by atoms with Gasteiger partial charge in [-0.15, -0.1) is 0 Å². The zero-order valence-corrected chi connectivity index (χ0v) is 14.0. The van der Waals surface area contributed by atoms with Crippen molar-refractivity contribution >= 4 is 38.5 Å². The van der Waals surface area contributed by atoms with Gasteiger partial charge in [0.25, 0.3) is 0 Å². The van der Waals surface area contributed by atoms with Crippen LogP contribution >= 0.6 is 27.7 Å². The molecule has 1 aromatic rings. The van der Waals surface area contributed by atoms with Crippen LogP contribution in [0.3, 0.4) is 0 Å².